The van der Waals surface area contributed by atoms with E-state index in [9.17, 15) is 0 Å². The third-order valence-corrected chi connectivity index (χ3v) is 2.70. The second kappa shape index (κ2) is 7.14. The molecule has 1 rings (SSSR count). The van der Waals surface area contributed by atoms with Crippen molar-refractivity contribution in [2.45, 2.75) is 13.5 Å². The molecule has 0 heterocycles. The lowest BCUT2D eigenvalue weighted by Crippen LogP contribution is -2.25. The van der Waals surface area contributed by atoms with E-state index in [4.69, 9.17) is 15.2 Å². The molecule has 0 aromatic heterocycles. The van der Waals surface area contributed by atoms with Gasteiger partial charge in [-0.15, -0.1) is 0 Å². The summed E-state index contributed by atoms with van der Waals surface area (Å²) >= 11 is 0. The van der Waals surface area contributed by atoms with E-state index >= 15 is 0 Å². The fourth-order valence-corrected chi connectivity index (χ4v) is 1.53. The topological polar surface area (TPSA) is 56.5 Å². The van der Waals surface area contributed by atoms with Gasteiger partial charge in [-0.25, -0.2) is 0 Å². The minimum Gasteiger partial charge on any atom is -0.497 e. The number of methoxy groups -OCH3 is 2. The molecule has 0 fully saturated rings. The molecule has 17 heavy (non-hydrogen) atoms. The molecule has 0 amide bonds. The van der Waals surface area contributed by atoms with Crippen LogP contribution in [0, 0.1) is 5.92 Å². The highest BCUT2D eigenvalue weighted by Gasteiger charge is 2.05. The fraction of sp³-hybridized carbons (Fsp3) is 0.538. The van der Waals surface area contributed by atoms with E-state index in [-0.39, 0.29) is 0 Å². The van der Waals surface area contributed by atoms with Crippen LogP contribution < -0.4 is 20.5 Å². The van der Waals surface area contributed by atoms with Crippen molar-refractivity contribution in [3.63, 3.8) is 0 Å². The Morgan fingerprint density at radius 2 is 2.06 bits per heavy atom. The molecule has 0 radical (unpaired) electrons. The van der Waals surface area contributed by atoms with Crippen LogP contribution in [0.25, 0.3) is 0 Å². The number of benzene rings is 1. The van der Waals surface area contributed by atoms with Gasteiger partial charge < -0.3 is 20.5 Å². The van der Waals surface area contributed by atoms with Gasteiger partial charge in [-0.3, -0.25) is 0 Å². The molecule has 0 aliphatic rings. The molecule has 1 unspecified atom stereocenters. The van der Waals surface area contributed by atoms with Crippen LogP contribution in [0.3, 0.4) is 0 Å². The summed E-state index contributed by atoms with van der Waals surface area (Å²) < 4.78 is 10.5. The van der Waals surface area contributed by atoms with Crippen LogP contribution in [0.5, 0.6) is 11.5 Å². The second-order valence-electron chi connectivity index (χ2n) is 4.15. The van der Waals surface area contributed by atoms with Gasteiger partial charge in [0, 0.05) is 18.2 Å². The van der Waals surface area contributed by atoms with Crippen LogP contribution in [0.2, 0.25) is 0 Å². The van der Waals surface area contributed by atoms with E-state index in [2.05, 4.69) is 12.2 Å². The summed E-state index contributed by atoms with van der Waals surface area (Å²) in [4.78, 5) is 0. The van der Waals surface area contributed by atoms with Gasteiger partial charge in [-0.2, -0.15) is 0 Å². The molecule has 4 nitrogen and oxygen atoms in total. The van der Waals surface area contributed by atoms with E-state index in [0.717, 1.165) is 30.2 Å². The van der Waals surface area contributed by atoms with Crippen LogP contribution in [-0.2, 0) is 6.54 Å². The van der Waals surface area contributed by atoms with Crippen LogP contribution in [0.1, 0.15) is 12.5 Å². The maximum absolute atomic E-state index is 5.56. The van der Waals surface area contributed by atoms with E-state index in [1.165, 1.54) is 0 Å². The van der Waals surface area contributed by atoms with Crippen LogP contribution >= 0.6 is 0 Å². The van der Waals surface area contributed by atoms with Gasteiger partial charge in [0.15, 0.2) is 0 Å². The SMILES string of the molecule is COc1ccc(CNCC(C)CN)c(OC)c1. The Hall–Kier alpha value is -1.26. The van der Waals surface area contributed by atoms with Crippen molar-refractivity contribution in [2.75, 3.05) is 27.3 Å². The van der Waals surface area contributed by atoms with Gasteiger partial charge in [0.25, 0.3) is 0 Å². The Morgan fingerprint density at radius 1 is 1.29 bits per heavy atom. The van der Waals surface area contributed by atoms with E-state index in [1.807, 2.05) is 18.2 Å². The number of rotatable bonds is 7. The molecule has 0 saturated carbocycles. The highest BCUT2D eigenvalue weighted by Crippen LogP contribution is 2.24. The molecule has 3 N–H and O–H groups in total. The monoisotopic (exact) mass is 238 g/mol. The van der Waals surface area contributed by atoms with Crippen molar-refractivity contribution in [1.29, 1.82) is 0 Å². The number of nitrogens with two attached hydrogens (primary N) is 1. The maximum atomic E-state index is 5.56. The van der Waals surface area contributed by atoms with Gasteiger partial charge in [0.2, 0.25) is 0 Å². The molecule has 96 valence electrons. The zero-order valence-corrected chi connectivity index (χ0v) is 10.8. The van der Waals surface area contributed by atoms with Gasteiger partial charge in [0.1, 0.15) is 11.5 Å². The van der Waals surface area contributed by atoms with Crippen LogP contribution in [0.4, 0.5) is 0 Å². The zero-order chi connectivity index (χ0) is 12.7. The quantitative estimate of drug-likeness (QED) is 0.753. The first-order valence-corrected chi connectivity index (χ1v) is 5.83. The Kier molecular flexibility index (Phi) is 5.80. The molecule has 0 saturated heterocycles. The second-order valence-corrected chi connectivity index (χ2v) is 4.15. The predicted octanol–water partition coefficient (Wildman–Crippen LogP) is 1.39. The molecule has 4 heteroatoms. The molecule has 0 aliphatic carbocycles. The van der Waals surface area contributed by atoms with Crippen molar-refractivity contribution in [3.8, 4) is 11.5 Å². The first kappa shape index (κ1) is 13.8. The first-order chi connectivity index (χ1) is 8.21. The van der Waals surface area contributed by atoms with Crippen LogP contribution in [-0.4, -0.2) is 27.3 Å². The Bertz CT molecular complexity index is 342. The van der Waals surface area contributed by atoms with Gasteiger partial charge in [-0.1, -0.05) is 13.0 Å². The first-order valence-electron chi connectivity index (χ1n) is 5.83. The number of hydrogen-bond donors (Lipinski definition) is 2. The van der Waals surface area contributed by atoms with Crippen molar-refractivity contribution in [3.05, 3.63) is 23.8 Å². The fourth-order valence-electron chi connectivity index (χ4n) is 1.53. The largest absolute Gasteiger partial charge is 0.497 e. The Balaban J connectivity index is 2.58. The lowest BCUT2D eigenvalue weighted by molar-refractivity contribution is 0.389. The summed E-state index contributed by atoms with van der Waals surface area (Å²) in [7, 11) is 3.32. The molecular weight excluding hydrogens is 216 g/mol. The highest BCUT2D eigenvalue weighted by molar-refractivity contribution is 5.40. The molecule has 1 aromatic rings. The smallest absolute Gasteiger partial charge is 0.127 e. The molecule has 0 aliphatic heterocycles. The summed E-state index contributed by atoms with van der Waals surface area (Å²) in [5.74, 6) is 2.14. The van der Waals surface area contributed by atoms with E-state index in [0.29, 0.717) is 12.5 Å². The van der Waals surface area contributed by atoms with E-state index < -0.39 is 0 Å². The standard InChI is InChI=1S/C13H22N2O2/c1-10(7-14)8-15-9-11-4-5-12(16-2)6-13(11)17-3/h4-6,10,15H,7-9,14H2,1-3H3. The summed E-state index contributed by atoms with van der Waals surface area (Å²) in [6.07, 6.45) is 0. The molecule has 1 aromatic carbocycles. The van der Waals surface area contributed by atoms with Crippen molar-refractivity contribution in [2.24, 2.45) is 11.7 Å². The summed E-state index contributed by atoms with van der Waals surface area (Å²) in [6, 6.07) is 5.84. The third kappa shape index (κ3) is 4.24. The van der Waals surface area contributed by atoms with Gasteiger partial charge in [0.05, 0.1) is 14.2 Å². The van der Waals surface area contributed by atoms with Crippen molar-refractivity contribution in [1.82, 2.24) is 5.32 Å². The lowest BCUT2D eigenvalue weighted by atomic mass is 10.1. The summed E-state index contributed by atoms with van der Waals surface area (Å²) in [5.41, 5.74) is 6.69. The molecular formula is C13H22N2O2. The Morgan fingerprint density at radius 3 is 2.65 bits per heavy atom. The third-order valence-electron chi connectivity index (χ3n) is 2.70. The molecule has 1 atom stereocenters. The summed E-state index contributed by atoms with van der Waals surface area (Å²) in [5, 5.41) is 3.36. The minimum atomic E-state index is 0.485. The normalized spacial score (nSPS) is 12.2. The highest BCUT2D eigenvalue weighted by atomic mass is 16.5. The number of nitrogens with one attached hydrogen (secondary N) is 1. The minimum absolute atomic E-state index is 0.485. The predicted molar refractivity (Wildman–Crippen MR) is 69.5 cm³/mol. The van der Waals surface area contributed by atoms with Gasteiger partial charge in [-0.05, 0) is 25.1 Å². The Labute approximate surface area is 103 Å². The van der Waals surface area contributed by atoms with Crippen molar-refractivity contribution < 1.29 is 9.47 Å². The zero-order valence-electron chi connectivity index (χ0n) is 10.8. The molecule has 0 bridgehead atoms. The average Bonchev–Trinajstić information content (AvgIpc) is 2.38. The van der Waals surface area contributed by atoms with Gasteiger partial charge >= 0.3 is 0 Å². The van der Waals surface area contributed by atoms with E-state index in [1.54, 1.807) is 14.2 Å². The average molecular weight is 238 g/mol. The lowest BCUT2D eigenvalue weighted by Gasteiger charge is -2.13. The summed E-state index contributed by atoms with van der Waals surface area (Å²) in [6.45, 7) is 4.51. The maximum Gasteiger partial charge on any atom is 0.127 e. The van der Waals surface area contributed by atoms with Crippen LogP contribution in [0.15, 0.2) is 18.2 Å². The number of hydrogen-bond acceptors (Lipinski definition) is 4. The van der Waals surface area contributed by atoms with Crippen molar-refractivity contribution >= 4 is 0 Å². The molecule has 0 spiro atoms. The number of ether oxygens (including phenoxy) is 2.